The summed E-state index contributed by atoms with van der Waals surface area (Å²) in [6.07, 6.45) is 2.59. The first-order valence-corrected chi connectivity index (χ1v) is 7.39. The number of alkyl halides is 1. The first kappa shape index (κ1) is 12.1. The molecule has 0 aliphatic rings. The van der Waals surface area contributed by atoms with Crippen molar-refractivity contribution in [2.75, 3.05) is 4.72 Å². The monoisotopic (exact) mass is 315 g/mol. The molecule has 7 heteroatoms. The van der Waals surface area contributed by atoms with Crippen LogP contribution in [0.3, 0.4) is 0 Å². The van der Waals surface area contributed by atoms with Crippen LogP contribution in [0.15, 0.2) is 41.6 Å². The molecule has 2 aromatic rings. The Hall–Kier alpha value is -1.34. The van der Waals surface area contributed by atoms with Gasteiger partial charge in [-0.3, -0.25) is 9.82 Å². The predicted molar refractivity (Wildman–Crippen MR) is 68.5 cm³/mol. The molecule has 2 rings (SSSR count). The van der Waals surface area contributed by atoms with Crippen molar-refractivity contribution in [3.8, 4) is 0 Å². The third kappa shape index (κ3) is 2.86. The van der Waals surface area contributed by atoms with Crippen LogP contribution in [0, 0.1) is 0 Å². The molecule has 0 saturated heterocycles. The highest BCUT2D eigenvalue weighted by atomic mass is 79.9. The molecule has 0 radical (unpaired) electrons. The lowest BCUT2D eigenvalue weighted by Gasteiger charge is -2.06. The molecular formula is C10H10BrN3O2S. The minimum absolute atomic E-state index is 0.113. The molecule has 1 aromatic heterocycles. The zero-order valence-corrected chi connectivity index (χ0v) is 11.1. The molecule has 0 unspecified atom stereocenters. The number of anilines is 1. The maximum atomic E-state index is 11.8. The van der Waals surface area contributed by atoms with Crippen LogP contribution < -0.4 is 4.72 Å². The Morgan fingerprint density at radius 2 is 2.00 bits per heavy atom. The highest BCUT2D eigenvalue weighted by molar-refractivity contribution is 9.08. The van der Waals surface area contributed by atoms with Gasteiger partial charge in [0.2, 0.25) is 0 Å². The molecule has 17 heavy (non-hydrogen) atoms. The van der Waals surface area contributed by atoms with E-state index < -0.39 is 10.0 Å². The van der Waals surface area contributed by atoms with Gasteiger partial charge >= 0.3 is 0 Å². The van der Waals surface area contributed by atoms with Crippen molar-refractivity contribution >= 4 is 31.6 Å². The number of H-pyrrole nitrogens is 1. The van der Waals surface area contributed by atoms with E-state index in [-0.39, 0.29) is 4.90 Å². The highest BCUT2D eigenvalue weighted by Gasteiger charge is 2.14. The third-order valence-electron chi connectivity index (χ3n) is 2.14. The quantitative estimate of drug-likeness (QED) is 0.848. The normalized spacial score (nSPS) is 11.4. The number of benzene rings is 1. The summed E-state index contributed by atoms with van der Waals surface area (Å²) in [5.41, 5.74) is 1.60. The lowest BCUT2D eigenvalue weighted by molar-refractivity contribution is 0.601. The lowest BCUT2D eigenvalue weighted by Crippen LogP contribution is -2.12. The van der Waals surface area contributed by atoms with Crippen molar-refractivity contribution in [2.24, 2.45) is 0 Å². The molecule has 0 saturated carbocycles. The number of rotatable bonds is 4. The van der Waals surface area contributed by atoms with E-state index in [0.717, 1.165) is 10.9 Å². The summed E-state index contributed by atoms with van der Waals surface area (Å²) in [6.45, 7) is 0. The molecule has 2 N–H and O–H groups in total. The number of aromatic amines is 1. The van der Waals surface area contributed by atoms with Gasteiger partial charge in [-0.15, -0.1) is 0 Å². The first-order valence-electron chi connectivity index (χ1n) is 4.78. The molecule has 1 aromatic carbocycles. The summed E-state index contributed by atoms with van der Waals surface area (Å²) < 4.78 is 26.1. The van der Waals surface area contributed by atoms with Gasteiger partial charge < -0.3 is 0 Å². The Kier molecular flexibility index (Phi) is 3.49. The number of halogens is 1. The third-order valence-corrected chi connectivity index (χ3v) is 4.14. The van der Waals surface area contributed by atoms with Crippen LogP contribution in [0.5, 0.6) is 0 Å². The molecule has 90 valence electrons. The van der Waals surface area contributed by atoms with Crippen LogP contribution >= 0.6 is 15.9 Å². The number of hydrogen-bond acceptors (Lipinski definition) is 3. The molecule has 0 bridgehead atoms. The number of hydrogen-bond donors (Lipinski definition) is 2. The average molecular weight is 316 g/mol. The maximum absolute atomic E-state index is 11.8. The van der Waals surface area contributed by atoms with E-state index >= 15 is 0 Å². The van der Waals surface area contributed by atoms with Gasteiger partial charge in [0, 0.05) is 17.2 Å². The summed E-state index contributed by atoms with van der Waals surface area (Å²) in [5, 5.41) is 6.81. The summed E-state index contributed by atoms with van der Waals surface area (Å²) >= 11 is 3.32. The second kappa shape index (κ2) is 4.89. The minimum Gasteiger partial charge on any atom is -0.284 e. The molecule has 0 aliphatic carbocycles. The second-order valence-electron chi connectivity index (χ2n) is 3.37. The molecule has 0 aliphatic heterocycles. The Labute approximate surface area is 107 Å². The van der Waals surface area contributed by atoms with Gasteiger partial charge in [-0.2, -0.15) is 5.10 Å². The van der Waals surface area contributed by atoms with Crippen LogP contribution in [-0.4, -0.2) is 18.6 Å². The van der Waals surface area contributed by atoms with Gasteiger partial charge in [0.15, 0.2) is 0 Å². The second-order valence-corrected chi connectivity index (χ2v) is 5.61. The molecule has 0 atom stereocenters. The summed E-state index contributed by atoms with van der Waals surface area (Å²) in [7, 11) is -3.55. The average Bonchev–Trinajstić information content (AvgIpc) is 2.84. The number of aromatic nitrogens is 2. The van der Waals surface area contributed by atoms with Gasteiger partial charge in [-0.1, -0.05) is 28.1 Å². The number of nitrogens with zero attached hydrogens (tertiary/aromatic N) is 1. The minimum atomic E-state index is -3.55. The van der Waals surface area contributed by atoms with Crippen LogP contribution in [0.4, 0.5) is 5.69 Å². The van der Waals surface area contributed by atoms with Gasteiger partial charge in [-0.25, -0.2) is 8.42 Å². The van der Waals surface area contributed by atoms with Crippen LogP contribution in [-0.2, 0) is 15.4 Å². The number of sulfonamides is 1. The van der Waals surface area contributed by atoms with E-state index in [2.05, 4.69) is 30.8 Å². The van der Waals surface area contributed by atoms with E-state index in [1.165, 1.54) is 12.4 Å². The van der Waals surface area contributed by atoms with E-state index in [1.807, 2.05) is 12.1 Å². The van der Waals surface area contributed by atoms with Crippen molar-refractivity contribution < 1.29 is 8.42 Å². The topological polar surface area (TPSA) is 74.8 Å². The summed E-state index contributed by atoms with van der Waals surface area (Å²) in [4.78, 5) is 0.113. The zero-order valence-electron chi connectivity index (χ0n) is 8.72. The van der Waals surface area contributed by atoms with E-state index in [4.69, 9.17) is 0 Å². The van der Waals surface area contributed by atoms with Crippen LogP contribution in [0.1, 0.15) is 5.56 Å². The van der Waals surface area contributed by atoms with Crippen molar-refractivity contribution in [3.63, 3.8) is 0 Å². The molecule has 5 nitrogen and oxygen atoms in total. The van der Waals surface area contributed by atoms with E-state index in [1.54, 1.807) is 12.1 Å². The van der Waals surface area contributed by atoms with Gasteiger partial charge in [0.1, 0.15) is 4.90 Å². The fraction of sp³-hybridized carbons (Fsp3) is 0.100. The van der Waals surface area contributed by atoms with Crippen LogP contribution in [0.2, 0.25) is 0 Å². The molecule has 0 spiro atoms. The summed E-state index contributed by atoms with van der Waals surface area (Å²) in [6, 6.07) is 7.13. The summed E-state index contributed by atoms with van der Waals surface area (Å²) in [5.74, 6) is 0. The highest BCUT2D eigenvalue weighted by Crippen LogP contribution is 2.16. The van der Waals surface area contributed by atoms with Crippen molar-refractivity contribution in [2.45, 2.75) is 10.2 Å². The van der Waals surface area contributed by atoms with Crippen LogP contribution in [0.25, 0.3) is 0 Å². The Balaban J connectivity index is 2.21. The Morgan fingerprint density at radius 1 is 1.29 bits per heavy atom. The van der Waals surface area contributed by atoms with Crippen molar-refractivity contribution in [1.29, 1.82) is 0 Å². The first-order chi connectivity index (χ1) is 8.12. The predicted octanol–water partition coefficient (Wildman–Crippen LogP) is 2.11. The fourth-order valence-corrected chi connectivity index (χ4v) is 2.60. The zero-order chi connectivity index (χ0) is 12.3. The Morgan fingerprint density at radius 3 is 2.53 bits per heavy atom. The fourth-order valence-electron chi connectivity index (χ4n) is 1.26. The molecule has 0 amide bonds. The standard InChI is InChI=1S/C10H10BrN3O2S/c11-5-8-1-3-9(4-2-8)14-17(15,16)10-6-12-13-7-10/h1-4,6-7,14H,5H2,(H,12,13). The van der Waals surface area contributed by atoms with Crippen molar-refractivity contribution in [1.82, 2.24) is 10.2 Å². The largest absolute Gasteiger partial charge is 0.284 e. The maximum Gasteiger partial charge on any atom is 0.265 e. The van der Waals surface area contributed by atoms with Gasteiger partial charge in [0.25, 0.3) is 10.0 Å². The van der Waals surface area contributed by atoms with E-state index in [9.17, 15) is 8.42 Å². The molecule has 1 heterocycles. The smallest absolute Gasteiger partial charge is 0.265 e. The van der Waals surface area contributed by atoms with Gasteiger partial charge in [-0.05, 0) is 17.7 Å². The number of nitrogens with one attached hydrogen (secondary N) is 2. The Bertz CT molecular complexity index is 579. The molecular weight excluding hydrogens is 306 g/mol. The lowest BCUT2D eigenvalue weighted by atomic mass is 10.2. The van der Waals surface area contributed by atoms with Gasteiger partial charge in [0.05, 0.1) is 6.20 Å². The van der Waals surface area contributed by atoms with Crippen molar-refractivity contribution in [3.05, 3.63) is 42.2 Å². The van der Waals surface area contributed by atoms with E-state index in [0.29, 0.717) is 5.69 Å². The SMILES string of the molecule is O=S(=O)(Nc1ccc(CBr)cc1)c1cn[nH]c1. The molecule has 0 fully saturated rings.